The molecule has 2 fully saturated rings. The molecule has 1 amide bonds. The highest BCUT2D eigenvalue weighted by Gasteiger charge is 2.22. The van der Waals surface area contributed by atoms with Crippen molar-refractivity contribution in [3.05, 3.63) is 78.5 Å². The number of rotatable bonds is 9. The van der Waals surface area contributed by atoms with Crippen LogP contribution in [-0.4, -0.2) is 57.7 Å². The van der Waals surface area contributed by atoms with Gasteiger partial charge in [-0.2, -0.15) is 0 Å². The zero-order valence-corrected chi connectivity index (χ0v) is 25.4. The van der Waals surface area contributed by atoms with Crippen molar-refractivity contribution in [2.24, 2.45) is 11.7 Å². The van der Waals surface area contributed by atoms with Crippen LogP contribution >= 0.6 is 0 Å². The molecule has 0 spiro atoms. The second-order valence-corrected chi connectivity index (χ2v) is 12.3. The predicted molar refractivity (Wildman–Crippen MR) is 178 cm³/mol. The summed E-state index contributed by atoms with van der Waals surface area (Å²) in [5, 5.41) is 12.6. The third kappa shape index (κ3) is 6.62. The summed E-state index contributed by atoms with van der Waals surface area (Å²) in [7, 11) is 0. The van der Waals surface area contributed by atoms with E-state index in [1.54, 1.807) is 18.6 Å². The van der Waals surface area contributed by atoms with Gasteiger partial charge in [0.2, 0.25) is 0 Å². The number of carbonyl (C=O) groups excluding carboxylic acids is 1. The fourth-order valence-corrected chi connectivity index (χ4v) is 6.48. The number of pyridine rings is 3. The van der Waals surface area contributed by atoms with E-state index in [9.17, 15) is 4.79 Å². The van der Waals surface area contributed by atoms with E-state index in [0.29, 0.717) is 24.1 Å². The van der Waals surface area contributed by atoms with E-state index in [4.69, 9.17) is 15.5 Å². The average Bonchev–Trinajstić information content (AvgIpc) is 3.52. The standard InChI is InChI=1S/C35H40N8O2/c36-26-4-6-27(7-5-26)43-33-29-14-24(3-8-31(29)39-21-32(33)38-17-22-9-12-45-13-10-22)30-20-41-34-28(30)15-25(19-40-34)35(44)42-18-23-2-1-11-37-16-23/h1-3,8,11,14-16,19-22,26-27,38H,4-7,9-10,12-13,17-18,36H2,(H,39,43)(H,40,41)(H,42,44)/t26-,27-. The Morgan fingerprint density at radius 3 is 2.67 bits per heavy atom. The second-order valence-electron chi connectivity index (χ2n) is 12.3. The van der Waals surface area contributed by atoms with Crippen LogP contribution in [0.4, 0.5) is 11.4 Å². The first-order valence-corrected chi connectivity index (χ1v) is 16.0. The highest BCUT2D eigenvalue weighted by molar-refractivity contribution is 6.04. The molecule has 232 valence electrons. The maximum Gasteiger partial charge on any atom is 0.253 e. The number of aromatic nitrogens is 4. The second kappa shape index (κ2) is 13.2. The van der Waals surface area contributed by atoms with Crippen molar-refractivity contribution in [2.45, 2.75) is 57.2 Å². The monoisotopic (exact) mass is 604 g/mol. The molecule has 10 heteroatoms. The third-order valence-electron chi connectivity index (χ3n) is 9.19. The van der Waals surface area contributed by atoms with Crippen molar-refractivity contribution in [3.63, 3.8) is 0 Å². The van der Waals surface area contributed by atoms with Gasteiger partial charge in [-0.15, -0.1) is 0 Å². The van der Waals surface area contributed by atoms with E-state index in [-0.39, 0.29) is 11.9 Å². The van der Waals surface area contributed by atoms with Crippen molar-refractivity contribution in [1.82, 2.24) is 25.3 Å². The highest BCUT2D eigenvalue weighted by Crippen LogP contribution is 2.37. The lowest BCUT2D eigenvalue weighted by atomic mass is 9.91. The number of H-pyrrole nitrogens is 1. The quantitative estimate of drug-likeness (QED) is 0.146. The molecule has 1 aromatic carbocycles. The van der Waals surface area contributed by atoms with Gasteiger partial charge >= 0.3 is 0 Å². The molecule has 1 saturated heterocycles. The molecule has 0 radical (unpaired) electrons. The first-order valence-electron chi connectivity index (χ1n) is 16.0. The maximum atomic E-state index is 13.1. The fraction of sp³-hybridized carbons (Fsp3) is 0.371. The van der Waals surface area contributed by atoms with Gasteiger partial charge < -0.3 is 31.4 Å². The van der Waals surface area contributed by atoms with Crippen LogP contribution in [0.1, 0.15) is 54.4 Å². The lowest BCUT2D eigenvalue weighted by Gasteiger charge is -2.29. The lowest BCUT2D eigenvalue weighted by molar-refractivity contribution is 0.0699. The summed E-state index contributed by atoms with van der Waals surface area (Å²) >= 11 is 0. The largest absolute Gasteiger partial charge is 0.382 e. The van der Waals surface area contributed by atoms with Gasteiger partial charge in [-0.3, -0.25) is 14.8 Å². The Bertz CT molecular complexity index is 1780. The number of carbonyl (C=O) groups is 1. The molecule has 4 aromatic heterocycles. The van der Waals surface area contributed by atoms with Crippen LogP contribution in [0.5, 0.6) is 0 Å². The molecular weight excluding hydrogens is 564 g/mol. The summed E-state index contributed by atoms with van der Waals surface area (Å²) in [5.74, 6) is 0.401. The average molecular weight is 605 g/mol. The van der Waals surface area contributed by atoms with Gasteiger partial charge in [0.15, 0.2) is 0 Å². The molecule has 45 heavy (non-hydrogen) atoms. The molecule has 5 aromatic rings. The minimum atomic E-state index is -0.179. The van der Waals surface area contributed by atoms with E-state index in [2.05, 4.69) is 49.1 Å². The summed E-state index contributed by atoms with van der Waals surface area (Å²) in [6.45, 7) is 2.94. The number of fused-ring (bicyclic) bond motifs is 2. The number of amides is 1. The number of hydrogen-bond donors (Lipinski definition) is 5. The predicted octanol–water partition coefficient (Wildman–Crippen LogP) is 5.62. The molecule has 7 rings (SSSR count). The van der Waals surface area contributed by atoms with Crippen LogP contribution < -0.4 is 21.7 Å². The van der Waals surface area contributed by atoms with E-state index in [1.807, 2.05) is 30.6 Å². The zero-order chi connectivity index (χ0) is 30.6. The van der Waals surface area contributed by atoms with Crippen LogP contribution in [0.2, 0.25) is 0 Å². The van der Waals surface area contributed by atoms with Crippen molar-refractivity contribution in [2.75, 3.05) is 30.4 Å². The summed E-state index contributed by atoms with van der Waals surface area (Å²) in [5.41, 5.74) is 13.5. The van der Waals surface area contributed by atoms with Crippen LogP contribution in [0, 0.1) is 5.92 Å². The van der Waals surface area contributed by atoms with Gasteiger partial charge in [0.25, 0.3) is 5.91 Å². The van der Waals surface area contributed by atoms with Crippen molar-refractivity contribution in [1.29, 1.82) is 0 Å². The van der Waals surface area contributed by atoms with Gasteiger partial charge in [-0.1, -0.05) is 12.1 Å². The van der Waals surface area contributed by atoms with Gasteiger partial charge in [-0.05, 0) is 79.8 Å². The third-order valence-corrected chi connectivity index (χ3v) is 9.19. The van der Waals surface area contributed by atoms with E-state index < -0.39 is 0 Å². The fourth-order valence-electron chi connectivity index (χ4n) is 6.48. The number of nitrogens with two attached hydrogens (primary N) is 1. The van der Waals surface area contributed by atoms with Gasteiger partial charge in [-0.25, -0.2) is 4.98 Å². The molecule has 5 heterocycles. The molecule has 0 atom stereocenters. The van der Waals surface area contributed by atoms with E-state index in [0.717, 1.165) is 108 Å². The van der Waals surface area contributed by atoms with Gasteiger partial charge in [0, 0.05) is 79.5 Å². The smallest absolute Gasteiger partial charge is 0.253 e. The van der Waals surface area contributed by atoms with Crippen LogP contribution in [0.15, 0.2) is 67.4 Å². The Labute approximate surface area is 262 Å². The number of nitrogens with zero attached hydrogens (tertiary/aromatic N) is 3. The van der Waals surface area contributed by atoms with E-state index in [1.165, 1.54) is 0 Å². The molecule has 2 aliphatic rings. The Morgan fingerprint density at radius 1 is 0.978 bits per heavy atom. The van der Waals surface area contributed by atoms with Gasteiger partial charge in [0.1, 0.15) is 5.65 Å². The zero-order valence-electron chi connectivity index (χ0n) is 25.4. The van der Waals surface area contributed by atoms with Crippen molar-refractivity contribution < 1.29 is 9.53 Å². The van der Waals surface area contributed by atoms with Crippen molar-refractivity contribution >= 4 is 39.2 Å². The lowest BCUT2D eigenvalue weighted by Crippen LogP contribution is -2.33. The van der Waals surface area contributed by atoms with Crippen LogP contribution in [0.25, 0.3) is 33.1 Å². The Morgan fingerprint density at radius 2 is 1.84 bits per heavy atom. The Kier molecular flexibility index (Phi) is 8.57. The Hall–Kier alpha value is -4.54. The van der Waals surface area contributed by atoms with Crippen molar-refractivity contribution in [3.8, 4) is 11.1 Å². The van der Waals surface area contributed by atoms with Gasteiger partial charge in [0.05, 0.1) is 28.7 Å². The van der Waals surface area contributed by atoms with Crippen LogP contribution in [-0.2, 0) is 11.3 Å². The Balaban J connectivity index is 1.20. The molecule has 6 N–H and O–H groups in total. The number of benzene rings is 1. The molecule has 1 aliphatic carbocycles. The molecular formula is C35H40N8O2. The number of aromatic amines is 1. The maximum absolute atomic E-state index is 13.1. The SMILES string of the molecule is N[C@H]1CC[C@H](Nc2c(NCC3CCOCC3)cnc3ccc(-c4c[nH]c5ncc(C(=O)NCc6cccnc6)cc45)cc23)CC1. The highest BCUT2D eigenvalue weighted by atomic mass is 16.5. The summed E-state index contributed by atoms with van der Waals surface area (Å²) in [6.07, 6.45) is 15.3. The molecule has 0 bridgehead atoms. The minimum Gasteiger partial charge on any atom is -0.382 e. The first kappa shape index (κ1) is 29.2. The van der Waals surface area contributed by atoms with Crippen LogP contribution in [0.3, 0.4) is 0 Å². The summed E-state index contributed by atoms with van der Waals surface area (Å²) in [4.78, 5) is 29.9. The topological polar surface area (TPSA) is 143 Å². The summed E-state index contributed by atoms with van der Waals surface area (Å²) < 4.78 is 5.58. The number of nitrogens with one attached hydrogen (secondary N) is 4. The molecule has 1 aliphatic heterocycles. The number of ether oxygens (including phenoxy) is 1. The first-order chi connectivity index (χ1) is 22.1. The minimum absolute atomic E-state index is 0.179. The number of hydrogen-bond acceptors (Lipinski definition) is 8. The van der Waals surface area contributed by atoms with E-state index >= 15 is 0 Å². The molecule has 10 nitrogen and oxygen atoms in total. The number of anilines is 2. The molecule has 1 saturated carbocycles. The molecule has 0 unspecified atom stereocenters. The normalized spacial score (nSPS) is 19.0. The summed E-state index contributed by atoms with van der Waals surface area (Å²) in [6, 6.07) is 12.7.